The first kappa shape index (κ1) is 11.2. The van der Waals surface area contributed by atoms with Crippen LogP contribution in [0.4, 0.5) is 0 Å². The van der Waals surface area contributed by atoms with Gasteiger partial charge in [0.25, 0.3) is 0 Å². The van der Waals surface area contributed by atoms with Crippen LogP contribution in [-0.4, -0.2) is 10.7 Å². The maximum atomic E-state index is 10.3. The highest BCUT2D eigenvalue weighted by molar-refractivity contribution is 5.20. The minimum Gasteiger partial charge on any atom is -0.390 e. The maximum absolute atomic E-state index is 10.3. The molecule has 0 heterocycles. The second kappa shape index (κ2) is 3.35. The minimum absolute atomic E-state index is 0.428. The molecule has 86 valence electrons. The molecule has 1 fully saturated rings. The van der Waals surface area contributed by atoms with Gasteiger partial charge in [0.05, 0.1) is 5.60 Å². The molecule has 3 atom stereocenters. The quantitative estimate of drug-likeness (QED) is 0.604. The predicted molar refractivity (Wildman–Crippen MR) is 63.6 cm³/mol. The molecule has 0 spiro atoms. The molecule has 1 N–H and O–H groups in total. The molecule has 0 amide bonds. The van der Waals surface area contributed by atoms with Gasteiger partial charge in [0.15, 0.2) is 0 Å². The molecule has 1 nitrogen and oxygen atoms in total. The number of fused-ring (bicyclic) bond motifs is 1. The van der Waals surface area contributed by atoms with E-state index in [9.17, 15) is 5.11 Å². The first-order valence-electron chi connectivity index (χ1n) is 6.24. The summed E-state index contributed by atoms with van der Waals surface area (Å²) in [4.78, 5) is 0. The summed E-state index contributed by atoms with van der Waals surface area (Å²) in [7, 11) is 0. The van der Waals surface area contributed by atoms with Crippen LogP contribution in [0.5, 0.6) is 0 Å². The van der Waals surface area contributed by atoms with Gasteiger partial charge in [-0.25, -0.2) is 0 Å². The Hall–Kier alpha value is -0.300. The fraction of sp³-hybridized carbons (Fsp3) is 0.857. The molecule has 2 rings (SSSR count). The highest BCUT2D eigenvalue weighted by Crippen LogP contribution is 2.51. The van der Waals surface area contributed by atoms with Crippen LogP contribution in [0.1, 0.15) is 53.4 Å². The van der Waals surface area contributed by atoms with Crippen molar-refractivity contribution in [3.8, 4) is 0 Å². The van der Waals surface area contributed by atoms with Gasteiger partial charge < -0.3 is 5.11 Å². The molecule has 0 saturated heterocycles. The van der Waals surface area contributed by atoms with E-state index in [-0.39, 0.29) is 0 Å². The van der Waals surface area contributed by atoms with Crippen molar-refractivity contribution in [2.75, 3.05) is 0 Å². The summed E-state index contributed by atoms with van der Waals surface area (Å²) in [5, 5.41) is 10.3. The van der Waals surface area contributed by atoms with Crippen molar-refractivity contribution < 1.29 is 5.11 Å². The lowest BCUT2D eigenvalue weighted by Gasteiger charge is -2.49. The van der Waals surface area contributed by atoms with Crippen molar-refractivity contribution in [2.24, 2.45) is 17.3 Å². The van der Waals surface area contributed by atoms with Crippen LogP contribution in [0.25, 0.3) is 0 Å². The summed E-state index contributed by atoms with van der Waals surface area (Å²) in [6, 6.07) is 0. The zero-order chi connectivity index (χ0) is 11.3. The molecular weight excluding hydrogens is 184 g/mol. The molecule has 0 bridgehead atoms. The van der Waals surface area contributed by atoms with Crippen molar-refractivity contribution in [3.05, 3.63) is 11.6 Å². The number of aliphatic hydroxyl groups is 1. The molecule has 0 aromatic carbocycles. The van der Waals surface area contributed by atoms with Gasteiger partial charge in [-0.05, 0) is 49.9 Å². The van der Waals surface area contributed by atoms with Crippen molar-refractivity contribution in [2.45, 2.75) is 59.0 Å². The Labute approximate surface area is 93.6 Å². The molecular formula is C14H24O. The van der Waals surface area contributed by atoms with E-state index < -0.39 is 5.60 Å². The zero-order valence-corrected chi connectivity index (χ0v) is 10.5. The lowest BCUT2D eigenvalue weighted by Crippen LogP contribution is -2.44. The zero-order valence-electron chi connectivity index (χ0n) is 10.5. The third-order valence-electron chi connectivity index (χ3n) is 4.80. The highest BCUT2D eigenvalue weighted by Gasteiger charge is 2.44. The van der Waals surface area contributed by atoms with E-state index in [4.69, 9.17) is 0 Å². The summed E-state index contributed by atoms with van der Waals surface area (Å²) < 4.78 is 0. The number of hydrogen-bond donors (Lipinski definition) is 1. The van der Waals surface area contributed by atoms with E-state index in [1.54, 1.807) is 0 Å². The van der Waals surface area contributed by atoms with Crippen LogP contribution in [-0.2, 0) is 0 Å². The second-order valence-corrected chi connectivity index (χ2v) is 6.53. The number of rotatable bonds is 0. The van der Waals surface area contributed by atoms with E-state index in [0.29, 0.717) is 17.3 Å². The van der Waals surface area contributed by atoms with Gasteiger partial charge in [-0.2, -0.15) is 0 Å². The number of hydrogen-bond acceptors (Lipinski definition) is 1. The molecule has 0 unspecified atom stereocenters. The monoisotopic (exact) mass is 208 g/mol. The minimum atomic E-state index is -0.476. The Morgan fingerprint density at radius 2 is 2.00 bits per heavy atom. The Bertz CT molecular complexity index is 286. The molecule has 0 aromatic rings. The third-order valence-corrected chi connectivity index (χ3v) is 4.80. The van der Waals surface area contributed by atoms with Crippen LogP contribution in [0.3, 0.4) is 0 Å². The van der Waals surface area contributed by atoms with E-state index >= 15 is 0 Å². The summed E-state index contributed by atoms with van der Waals surface area (Å²) in [5.74, 6) is 1.14. The van der Waals surface area contributed by atoms with Crippen LogP contribution in [0, 0.1) is 17.3 Å². The first-order valence-corrected chi connectivity index (χ1v) is 6.24. The smallest absolute Gasteiger partial charge is 0.0682 e. The fourth-order valence-corrected chi connectivity index (χ4v) is 3.31. The predicted octanol–water partition coefficient (Wildman–Crippen LogP) is 3.53. The second-order valence-electron chi connectivity index (χ2n) is 6.53. The first-order chi connectivity index (χ1) is 6.83. The van der Waals surface area contributed by atoms with Gasteiger partial charge in [-0.1, -0.05) is 32.4 Å². The molecule has 0 radical (unpaired) electrons. The average Bonchev–Trinajstić information content (AvgIpc) is 2.08. The molecule has 2 aliphatic carbocycles. The standard InChI is InChI=1S/C14H24O/c1-10-8-12-11(9-14(10,4)15)6-5-7-13(12,2)3/h6,10,12,15H,5,7-9H2,1-4H3/t10-,12+,14+/m1/s1. The average molecular weight is 208 g/mol. The fourth-order valence-electron chi connectivity index (χ4n) is 3.31. The van der Waals surface area contributed by atoms with E-state index in [1.807, 2.05) is 6.92 Å². The SMILES string of the molecule is C[C@@H]1C[C@H]2C(=CCCC2(C)C)C[C@]1(C)O. The topological polar surface area (TPSA) is 20.2 Å². The van der Waals surface area contributed by atoms with Crippen LogP contribution in [0.15, 0.2) is 11.6 Å². The Morgan fingerprint density at radius 1 is 1.33 bits per heavy atom. The van der Waals surface area contributed by atoms with E-state index in [2.05, 4.69) is 26.8 Å². The Morgan fingerprint density at radius 3 is 2.67 bits per heavy atom. The van der Waals surface area contributed by atoms with Crippen molar-refractivity contribution in [3.63, 3.8) is 0 Å². The van der Waals surface area contributed by atoms with Gasteiger partial charge >= 0.3 is 0 Å². The van der Waals surface area contributed by atoms with E-state index in [0.717, 1.165) is 12.8 Å². The Kier molecular flexibility index (Phi) is 2.50. The summed E-state index contributed by atoms with van der Waals surface area (Å²) >= 11 is 0. The lowest BCUT2D eigenvalue weighted by atomic mass is 9.58. The van der Waals surface area contributed by atoms with Gasteiger partial charge in [0.1, 0.15) is 0 Å². The molecule has 1 heteroatoms. The Balaban J connectivity index is 2.27. The van der Waals surface area contributed by atoms with E-state index in [1.165, 1.54) is 18.4 Å². The largest absolute Gasteiger partial charge is 0.390 e. The van der Waals surface area contributed by atoms with Crippen LogP contribution in [0.2, 0.25) is 0 Å². The third kappa shape index (κ3) is 1.87. The lowest BCUT2D eigenvalue weighted by molar-refractivity contribution is -0.0353. The van der Waals surface area contributed by atoms with Crippen molar-refractivity contribution in [1.29, 1.82) is 0 Å². The van der Waals surface area contributed by atoms with Crippen LogP contribution >= 0.6 is 0 Å². The summed E-state index contributed by atoms with van der Waals surface area (Å²) in [6.45, 7) is 8.96. The molecule has 0 aliphatic heterocycles. The molecule has 0 aromatic heterocycles. The van der Waals surface area contributed by atoms with Gasteiger partial charge in [0.2, 0.25) is 0 Å². The van der Waals surface area contributed by atoms with Gasteiger partial charge in [0, 0.05) is 0 Å². The van der Waals surface area contributed by atoms with Gasteiger partial charge in [-0.3, -0.25) is 0 Å². The van der Waals surface area contributed by atoms with Crippen molar-refractivity contribution >= 4 is 0 Å². The van der Waals surface area contributed by atoms with Crippen molar-refractivity contribution in [1.82, 2.24) is 0 Å². The molecule has 2 aliphatic rings. The van der Waals surface area contributed by atoms with Crippen LogP contribution < -0.4 is 0 Å². The maximum Gasteiger partial charge on any atom is 0.0682 e. The normalized spacial score (nSPS) is 44.5. The molecule has 15 heavy (non-hydrogen) atoms. The van der Waals surface area contributed by atoms with Gasteiger partial charge in [-0.15, -0.1) is 0 Å². The number of allylic oxidation sites excluding steroid dienone is 1. The molecule has 1 saturated carbocycles. The summed E-state index contributed by atoms with van der Waals surface area (Å²) in [5.41, 5.74) is 1.49. The highest BCUT2D eigenvalue weighted by atomic mass is 16.3. The summed E-state index contributed by atoms with van der Waals surface area (Å²) in [6.07, 6.45) is 6.93.